The van der Waals surface area contributed by atoms with Crippen LogP contribution in [0.5, 0.6) is 0 Å². The van der Waals surface area contributed by atoms with Crippen molar-refractivity contribution in [2.45, 2.75) is 39.5 Å². The van der Waals surface area contributed by atoms with Gasteiger partial charge in [-0.15, -0.1) is 0 Å². The Bertz CT molecular complexity index is 681. The van der Waals surface area contributed by atoms with Crippen molar-refractivity contribution in [1.29, 1.82) is 0 Å². The van der Waals surface area contributed by atoms with Crippen molar-refractivity contribution in [1.82, 2.24) is 9.97 Å². The third-order valence-electron chi connectivity index (χ3n) is 4.15. The van der Waals surface area contributed by atoms with E-state index in [2.05, 4.69) is 35.1 Å². The van der Waals surface area contributed by atoms with Crippen LogP contribution in [0.25, 0.3) is 0 Å². The summed E-state index contributed by atoms with van der Waals surface area (Å²) in [5.74, 6) is 1.69. The Balaban J connectivity index is 1.92. The van der Waals surface area contributed by atoms with Crippen LogP contribution >= 0.6 is 11.6 Å². The average molecular weight is 331 g/mol. The minimum atomic E-state index is 0.656. The molecule has 0 radical (unpaired) electrons. The summed E-state index contributed by atoms with van der Waals surface area (Å²) >= 11 is 6.11. The van der Waals surface area contributed by atoms with Gasteiger partial charge in [0.05, 0.1) is 0 Å². The summed E-state index contributed by atoms with van der Waals surface area (Å²) in [6, 6.07) is 7.95. The van der Waals surface area contributed by atoms with E-state index in [0.29, 0.717) is 11.0 Å². The molecule has 2 heterocycles. The number of halogens is 1. The molecule has 0 unspecified atom stereocenters. The molecule has 1 aromatic carbocycles. The maximum atomic E-state index is 6.11. The highest BCUT2D eigenvalue weighted by Crippen LogP contribution is 2.25. The fourth-order valence-electron chi connectivity index (χ4n) is 2.88. The molecule has 122 valence electrons. The van der Waals surface area contributed by atoms with E-state index in [1.54, 1.807) is 0 Å². The van der Waals surface area contributed by atoms with Crippen LogP contribution in [0.3, 0.4) is 0 Å². The number of aromatic nitrogens is 2. The van der Waals surface area contributed by atoms with E-state index in [0.717, 1.165) is 48.7 Å². The van der Waals surface area contributed by atoms with Gasteiger partial charge in [0, 0.05) is 35.6 Å². The van der Waals surface area contributed by atoms with E-state index in [-0.39, 0.29) is 0 Å². The lowest BCUT2D eigenvalue weighted by molar-refractivity contribution is 0.859. The molecular formula is C18H23ClN4. The van der Waals surface area contributed by atoms with Crippen molar-refractivity contribution in [3.8, 4) is 0 Å². The molecule has 0 aliphatic carbocycles. The number of rotatable bonds is 5. The number of hydrogen-bond donors (Lipinski definition) is 1. The topological polar surface area (TPSA) is 41.1 Å². The summed E-state index contributed by atoms with van der Waals surface area (Å²) in [6.07, 6.45) is 4.52. The molecule has 1 aliphatic heterocycles. The molecule has 3 rings (SSSR count). The first-order chi connectivity index (χ1) is 11.2. The van der Waals surface area contributed by atoms with Gasteiger partial charge in [-0.3, -0.25) is 0 Å². The second kappa shape index (κ2) is 7.18. The summed E-state index contributed by atoms with van der Waals surface area (Å²) in [7, 11) is 0. The van der Waals surface area contributed by atoms with E-state index in [9.17, 15) is 0 Å². The van der Waals surface area contributed by atoms with E-state index in [4.69, 9.17) is 16.6 Å². The Morgan fingerprint density at radius 1 is 1.17 bits per heavy atom. The first-order valence-corrected chi connectivity index (χ1v) is 8.69. The van der Waals surface area contributed by atoms with Gasteiger partial charge >= 0.3 is 0 Å². The highest BCUT2D eigenvalue weighted by atomic mass is 35.5. The second-order valence-electron chi connectivity index (χ2n) is 6.07. The van der Waals surface area contributed by atoms with Gasteiger partial charge in [0.1, 0.15) is 5.82 Å². The van der Waals surface area contributed by atoms with Gasteiger partial charge in [-0.25, -0.2) is 4.98 Å². The van der Waals surface area contributed by atoms with Gasteiger partial charge in [-0.05, 0) is 43.9 Å². The van der Waals surface area contributed by atoms with Crippen molar-refractivity contribution in [3.05, 3.63) is 40.5 Å². The van der Waals surface area contributed by atoms with Crippen LogP contribution < -0.4 is 10.2 Å². The molecule has 4 nitrogen and oxygen atoms in total. The molecule has 5 heteroatoms. The van der Waals surface area contributed by atoms with E-state index < -0.39 is 0 Å². The molecule has 23 heavy (non-hydrogen) atoms. The first-order valence-electron chi connectivity index (χ1n) is 8.32. The number of anilines is 3. The van der Waals surface area contributed by atoms with Crippen LogP contribution in [0.4, 0.5) is 17.5 Å². The summed E-state index contributed by atoms with van der Waals surface area (Å²) in [5, 5.41) is 4.05. The van der Waals surface area contributed by atoms with E-state index >= 15 is 0 Å². The minimum absolute atomic E-state index is 0.656. The average Bonchev–Trinajstić information content (AvgIpc) is 3.05. The number of nitrogens with one attached hydrogen (secondary N) is 1. The number of hydrogen-bond acceptors (Lipinski definition) is 4. The monoisotopic (exact) mass is 330 g/mol. The van der Waals surface area contributed by atoms with Gasteiger partial charge in [0.2, 0.25) is 5.95 Å². The molecule has 1 fully saturated rings. The molecule has 1 saturated heterocycles. The molecule has 1 N–H and O–H groups in total. The lowest BCUT2D eigenvalue weighted by atomic mass is 10.2. The van der Waals surface area contributed by atoms with Crippen LogP contribution in [-0.4, -0.2) is 23.1 Å². The van der Waals surface area contributed by atoms with Crippen molar-refractivity contribution in [2.24, 2.45) is 0 Å². The van der Waals surface area contributed by atoms with Gasteiger partial charge < -0.3 is 10.2 Å². The Kier molecular flexibility index (Phi) is 5.01. The predicted molar refractivity (Wildman–Crippen MR) is 96.9 cm³/mol. The van der Waals surface area contributed by atoms with Crippen LogP contribution in [0.1, 0.15) is 37.4 Å². The van der Waals surface area contributed by atoms with E-state index in [1.807, 2.05) is 18.2 Å². The quantitative estimate of drug-likeness (QED) is 0.860. The lowest BCUT2D eigenvalue weighted by Crippen LogP contribution is -2.20. The van der Waals surface area contributed by atoms with Crippen LogP contribution in [-0.2, 0) is 6.42 Å². The summed E-state index contributed by atoms with van der Waals surface area (Å²) < 4.78 is 0. The Morgan fingerprint density at radius 2 is 1.96 bits per heavy atom. The maximum absolute atomic E-state index is 6.11. The van der Waals surface area contributed by atoms with Crippen molar-refractivity contribution in [2.75, 3.05) is 23.3 Å². The van der Waals surface area contributed by atoms with E-state index in [1.165, 1.54) is 12.8 Å². The van der Waals surface area contributed by atoms with Crippen molar-refractivity contribution >= 4 is 29.1 Å². The smallest absolute Gasteiger partial charge is 0.229 e. The maximum Gasteiger partial charge on any atom is 0.229 e. The Hall–Kier alpha value is -1.81. The minimum Gasteiger partial charge on any atom is -0.356 e. The molecular weight excluding hydrogens is 308 g/mol. The summed E-state index contributed by atoms with van der Waals surface area (Å²) in [5.41, 5.74) is 3.17. The zero-order valence-corrected chi connectivity index (χ0v) is 14.5. The summed E-state index contributed by atoms with van der Waals surface area (Å²) in [6.45, 7) is 6.39. The zero-order chi connectivity index (χ0) is 16.2. The number of aryl methyl sites for hydroxylation is 2. The van der Waals surface area contributed by atoms with Gasteiger partial charge in [-0.2, -0.15) is 4.98 Å². The fourth-order valence-corrected chi connectivity index (χ4v) is 3.05. The van der Waals surface area contributed by atoms with Crippen molar-refractivity contribution < 1.29 is 0 Å². The SMILES string of the molecule is CCCc1cc(N2CCCC2)nc(Nc2cc(Cl)ccc2C)n1. The molecule has 2 aromatic rings. The zero-order valence-electron chi connectivity index (χ0n) is 13.8. The van der Waals surface area contributed by atoms with Crippen molar-refractivity contribution in [3.63, 3.8) is 0 Å². The highest BCUT2D eigenvalue weighted by Gasteiger charge is 2.16. The van der Waals surface area contributed by atoms with Crippen LogP contribution in [0.2, 0.25) is 5.02 Å². The van der Waals surface area contributed by atoms with Gasteiger partial charge in [0.25, 0.3) is 0 Å². The molecule has 0 bridgehead atoms. The normalized spacial score (nSPS) is 14.3. The molecule has 0 spiro atoms. The predicted octanol–water partition coefficient (Wildman–Crippen LogP) is 4.73. The second-order valence-corrected chi connectivity index (χ2v) is 6.51. The number of nitrogens with zero attached hydrogens (tertiary/aromatic N) is 3. The molecule has 1 aromatic heterocycles. The van der Waals surface area contributed by atoms with Gasteiger partial charge in [-0.1, -0.05) is 31.0 Å². The van der Waals surface area contributed by atoms with Gasteiger partial charge in [0.15, 0.2) is 0 Å². The standard InChI is InChI=1S/C18H23ClN4/c1-3-6-15-12-17(23-9-4-5-10-23)22-18(20-15)21-16-11-14(19)8-7-13(16)2/h7-8,11-12H,3-6,9-10H2,1-2H3,(H,20,21,22). The Labute approximate surface area is 142 Å². The highest BCUT2D eigenvalue weighted by molar-refractivity contribution is 6.30. The largest absolute Gasteiger partial charge is 0.356 e. The lowest BCUT2D eigenvalue weighted by Gasteiger charge is -2.18. The molecule has 0 atom stereocenters. The Morgan fingerprint density at radius 3 is 2.70 bits per heavy atom. The third kappa shape index (κ3) is 3.94. The fraction of sp³-hybridized carbons (Fsp3) is 0.444. The first kappa shape index (κ1) is 16.1. The summed E-state index contributed by atoms with van der Waals surface area (Å²) in [4.78, 5) is 11.7. The third-order valence-corrected chi connectivity index (χ3v) is 4.38. The number of benzene rings is 1. The molecule has 0 amide bonds. The van der Waals surface area contributed by atoms with Crippen LogP contribution in [0.15, 0.2) is 24.3 Å². The van der Waals surface area contributed by atoms with Crippen LogP contribution in [0, 0.1) is 6.92 Å². The molecule has 0 saturated carbocycles. The molecule has 1 aliphatic rings.